The zero-order chi connectivity index (χ0) is 13.8. The third-order valence-electron chi connectivity index (χ3n) is 3.37. The van der Waals surface area contributed by atoms with Crippen LogP contribution in [-0.2, 0) is 0 Å². The van der Waals surface area contributed by atoms with E-state index in [-0.39, 0.29) is 5.92 Å². The highest BCUT2D eigenvalue weighted by Gasteiger charge is 2.23. The van der Waals surface area contributed by atoms with E-state index in [1.807, 2.05) is 41.9 Å². The highest BCUT2D eigenvalue weighted by molar-refractivity contribution is 7.08. The third-order valence-corrected chi connectivity index (χ3v) is 4.25. The van der Waals surface area contributed by atoms with Gasteiger partial charge in [0.1, 0.15) is 5.75 Å². The molecule has 0 aliphatic rings. The number of aryl methyl sites for hydroxylation is 1. The summed E-state index contributed by atoms with van der Waals surface area (Å²) >= 11 is 1.60. The van der Waals surface area contributed by atoms with E-state index in [2.05, 4.69) is 0 Å². The van der Waals surface area contributed by atoms with Crippen LogP contribution in [0, 0.1) is 6.92 Å². The number of ether oxygens (including phenoxy) is 1. The van der Waals surface area contributed by atoms with Crippen molar-refractivity contribution in [3.8, 4) is 5.75 Å². The molecular formula is C15H19NO2S. The molecule has 0 spiro atoms. The predicted molar refractivity (Wildman–Crippen MR) is 78.8 cm³/mol. The zero-order valence-corrected chi connectivity index (χ0v) is 12.0. The molecule has 0 saturated heterocycles. The number of nitrogens with two attached hydrogens (primary N) is 1. The summed E-state index contributed by atoms with van der Waals surface area (Å²) in [7, 11) is 1.63. The van der Waals surface area contributed by atoms with Gasteiger partial charge in [0.05, 0.1) is 13.2 Å². The molecule has 0 aliphatic heterocycles. The van der Waals surface area contributed by atoms with Crippen LogP contribution < -0.4 is 10.5 Å². The van der Waals surface area contributed by atoms with Gasteiger partial charge in [-0.15, -0.1) is 0 Å². The average Bonchev–Trinajstić information content (AvgIpc) is 2.86. The van der Waals surface area contributed by atoms with Crippen molar-refractivity contribution in [2.45, 2.75) is 18.9 Å². The van der Waals surface area contributed by atoms with Crippen molar-refractivity contribution in [1.29, 1.82) is 0 Å². The zero-order valence-electron chi connectivity index (χ0n) is 11.2. The van der Waals surface area contributed by atoms with Crippen LogP contribution in [-0.4, -0.2) is 18.8 Å². The normalized spacial score (nSPS) is 14.1. The molecule has 1 aromatic heterocycles. The molecular weight excluding hydrogens is 258 g/mol. The van der Waals surface area contributed by atoms with Crippen molar-refractivity contribution in [2.75, 3.05) is 13.7 Å². The van der Waals surface area contributed by atoms with Crippen molar-refractivity contribution in [3.63, 3.8) is 0 Å². The Kier molecular flexibility index (Phi) is 4.58. The smallest absolute Gasteiger partial charge is 0.119 e. The highest BCUT2D eigenvalue weighted by Crippen LogP contribution is 2.34. The number of benzene rings is 1. The molecule has 19 heavy (non-hydrogen) atoms. The van der Waals surface area contributed by atoms with Crippen molar-refractivity contribution in [2.24, 2.45) is 5.73 Å². The molecule has 102 valence electrons. The number of methoxy groups -OCH3 is 1. The molecule has 2 rings (SSSR count). The van der Waals surface area contributed by atoms with Gasteiger partial charge in [0.2, 0.25) is 0 Å². The Hall–Kier alpha value is -1.36. The molecule has 0 radical (unpaired) electrons. The first kappa shape index (κ1) is 14.1. The molecule has 0 fully saturated rings. The van der Waals surface area contributed by atoms with Crippen LogP contribution in [0.25, 0.3) is 0 Å². The maximum Gasteiger partial charge on any atom is 0.119 e. The minimum atomic E-state index is -0.580. The second-order valence-corrected chi connectivity index (χ2v) is 5.32. The minimum absolute atomic E-state index is 0.122. The Labute approximate surface area is 117 Å². The van der Waals surface area contributed by atoms with Gasteiger partial charge in [-0.3, -0.25) is 0 Å². The predicted octanol–water partition coefficient (Wildman–Crippen LogP) is 2.84. The highest BCUT2D eigenvalue weighted by atomic mass is 32.1. The Bertz CT molecular complexity index is 538. The van der Waals surface area contributed by atoms with Crippen LogP contribution in [0.1, 0.15) is 28.7 Å². The molecule has 2 atom stereocenters. The van der Waals surface area contributed by atoms with Crippen LogP contribution in [0.15, 0.2) is 35.0 Å². The molecule has 2 aromatic rings. The Morgan fingerprint density at radius 1 is 1.37 bits per heavy atom. The lowest BCUT2D eigenvalue weighted by Crippen LogP contribution is -2.20. The van der Waals surface area contributed by atoms with E-state index < -0.39 is 6.10 Å². The van der Waals surface area contributed by atoms with Gasteiger partial charge in [-0.1, -0.05) is 12.1 Å². The summed E-state index contributed by atoms with van der Waals surface area (Å²) in [5.41, 5.74) is 8.93. The molecule has 3 nitrogen and oxygen atoms in total. The fourth-order valence-electron chi connectivity index (χ4n) is 2.21. The van der Waals surface area contributed by atoms with Crippen LogP contribution in [0.2, 0.25) is 0 Å². The number of thiophene rings is 1. The van der Waals surface area contributed by atoms with Crippen molar-refractivity contribution in [1.82, 2.24) is 0 Å². The van der Waals surface area contributed by atoms with Gasteiger partial charge in [0, 0.05) is 12.5 Å². The van der Waals surface area contributed by atoms with Gasteiger partial charge < -0.3 is 15.6 Å². The van der Waals surface area contributed by atoms with Crippen molar-refractivity contribution < 1.29 is 9.84 Å². The summed E-state index contributed by atoms with van der Waals surface area (Å²) in [6, 6.07) is 7.72. The Morgan fingerprint density at radius 2 is 2.16 bits per heavy atom. The molecule has 1 aromatic carbocycles. The quantitative estimate of drug-likeness (QED) is 0.883. The first-order chi connectivity index (χ1) is 9.17. The van der Waals surface area contributed by atoms with Crippen LogP contribution in [0.4, 0.5) is 0 Å². The Morgan fingerprint density at radius 3 is 2.74 bits per heavy atom. The maximum absolute atomic E-state index is 10.6. The van der Waals surface area contributed by atoms with E-state index in [4.69, 9.17) is 10.5 Å². The second-order valence-electron chi connectivity index (χ2n) is 4.57. The van der Waals surface area contributed by atoms with E-state index in [1.165, 1.54) is 0 Å². The van der Waals surface area contributed by atoms with Crippen molar-refractivity contribution >= 4 is 11.3 Å². The Balaban J connectivity index is 2.31. The van der Waals surface area contributed by atoms with Gasteiger partial charge in [-0.05, 0) is 46.5 Å². The number of hydrogen-bond acceptors (Lipinski definition) is 4. The summed E-state index contributed by atoms with van der Waals surface area (Å²) in [6.45, 7) is 2.40. The first-order valence-corrected chi connectivity index (χ1v) is 7.16. The number of rotatable bonds is 5. The molecule has 0 saturated carbocycles. The van der Waals surface area contributed by atoms with E-state index >= 15 is 0 Å². The summed E-state index contributed by atoms with van der Waals surface area (Å²) in [6.07, 6.45) is -0.580. The fraction of sp³-hybridized carbons (Fsp3) is 0.333. The average molecular weight is 277 g/mol. The fourth-order valence-corrected chi connectivity index (χ4v) is 3.09. The van der Waals surface area contributed by atoms with Gasteiger partial charge in [0.25, 0.3) is 0 Å². The van der Waals surface area contributed by atoms with E-state index in [0.717, 1.165) is 22.4 Å². The third kappa shape index (κ3) is 2.97. The van der Waals surface area contributed by atoms with Gasteiger partial charge in [-0.2, -0.15) is 11.3 Å². The molecule has 0 bridgehead atoms. The number of aliphatic hydroxyl groups is 1. The standard InChI is InChI=1S/C15H19NO2S/c1-10-8-19-9-14(10)15(17)13(7-16)11-4-3-5-12(6-11)18-2/h3-6,8-9,13,15,17H,7,16H2,1-2H3. The lowest BCUT2D eigenvalue weighted by molar-refractivity contribution is 0.147. The summed E-state index contributed by atoms with van der Waals surface area (Å²) in [5, 5.41) is 14.6. The maximum atomic E-state index is 10.6. The van der Waals surface area contributed by atoms with Gasteiger partial charge >= 0.3 is 0 Å². The van der Waals surface area contributed by atoms with Crippen LogP contribution in [0.3, 0.4) is 0 Å². The molecule has 0 amide bonds. The van der Waals surface area contributed by atoms with Gasteiger partial charge in [0.15, 0.2) is 0 Å². The summed E-state index contributed by atoms with van der Waals surface area (Å²) in [5.74, 6) is 0.661. The summed E-state index contributed by atoms with van der Waals surface area (Å²) in [4.78, 5) is 0. The van der Waals surface area contributed by atoms with Crippen LogP contribution in [0.5, 0.6) is 5.75 Å². The molecule has 0 aliphatic carbocycles. The number of hydrogen-bond donors (Lipinski definition) is 2. The number of aliphatic hydroxyl groups excluding tert-OH is 1. The van der Waals surface area contributed by atoms with Crippen molar-refractivity contribution in [3.05, 3.63) is 51.7 Å². The lowest BCUT2D eigenvalue weighted by atomic mass is 9.89. The second kappa shape index (κ2) is 6.19. The SMILES string of the molecule is COc1cccc(C(CN)C(O)c2cscc2C)c1. The van der Waals surface area contributed by atoms with Gasteiger partial charge in [-0.25, -0.2) is 0 Å². The summed E-state index contributed by atoms with van der Waals surface area (Å²) < 4.78 is 5.22. The van der Waals surface area contributed by atoms with E-state index in [9.17, 15) is 5.11 Å². The molecule has 3 N–H and O–H groups in total. The topological polar surface area (TPSA) is 55.5 Å². The minimum Gasteiger partial charge on any atom is -0.497 e. The first-order valence-electron chi connectivity index (χ1n) is 6.22. The van der Waals surface area contributed by atoms with Crippen LogP contribution >= 0.6 is 11.3 Å². The van der Waals surface area contributed by atoms with E-state index in [1.54, 1.807) is 18.4 Å². The lowest BCUT2D eigenvalue weighted by Gasteiger charge is -2.22. The molecule has 1 heterocycles. The monoisotopic (exact) mass is 277 g/mol. The van der Waals surface area contributed by atoms with E-state index in [0.29, 0.717) is 6.54 Å². The molecule has 4 heteroatoms. The molecule has 2 unspecified atom stereocenters. The largest absolute Gasteiger partial charge is 0.497 e.